The second-order valence-corrected chi connectivity index (χ2v) is 13.6. The minimum Gasteiger partial charge on any atom is -0.439 e. The minimum absolute atomic E-state index is 0.0576. The van der Waals surface area contributed by atoms with Gasteiger partial charge in [-0.3, -0.25) is 9.69 Å². The van der Waals surface area contributed by atoms with Crippen LogP contribution in [0.1, 0.15) is 54.0 Å². The molecule has 4 amide bonds. The van der Waals surface area contributed by atoms with Crippen LogP contribution in [0, 0.1) is 13.8 Å². The number of likely N-dealkylation sites (tertiary alicyclic amines) is 1. The number of benzene rings is 2. The number of nitrogens with one attached hydrogen (secondary N) is 2. The summed E-state index contributed by atoms with van der Waals surface area (Å²) in [5.74, 6) is -0.161. The molecule has 11 nitrogen and oxygen atoms in total. The number of para-hydroxylation sites is 1. The number of fused-ring (bicyclic) bond motifs is 1. The number of methoxy groups -OCH3 is 1. The summed E-state index contributed by atoms with van der Waals surface area (Å²) in [5.41, 5.74) is 5.52. The monoisotopic (exact) mass is 646 g/mol. The number of anilines is 1. The fourth-order valence-electron chi connectivity index (χ4n) is 8.24. The Labute approximate surface area is 278 Å². The molecule has 4 aliphatic heterocycles. The number of carbonyl (C=O) groups excluding carboxylic acids is 3. The molecular formula is C36H50N6O5. The number of rotatable bonds is 7. The van der Waals surface area contributed by atoms with E-state index >= 15 is 0 Å². The number of piperidine rings is 2. The summed E-state index contributed by atoms with van der Waals surface area (Å²) in [6, 6.07) is 14.6. The molecule has 2 aromatic rings. The van der Waals surface area contributed by atoms with Gasteiger partial charge in [-0.2, -0.15) is 0 Å². The molecule has 3 fully saturated rings. The van der Waals surface area contributed by atoms with Crippen LogP contribution in [0.3, 0.4) is 0 Å². The van der Waals surface area contributed by atoms with Gasteiger partial charge in [0.15, 0.2) is 6.61 Å². The van der Waals surface area contributed by atoms with Crippen molar-refractivity contribution in [1.82, 2.24) is 24.9 Å². The molecule has 0 unspecified atom stereocenters. The van der Waals surface area contributed by atoms with Crippen LogP contribution in [0.4, 0.5) is 15.3 Å². The van der Waals surface area contributed by atoms with Gasteiger partial charge in [0.05, 0.1) is 5.54 Å². The molecule has 0 aliphatic carbocycles. The van der Waals surface area contributed by atoms with E-state index in [2.05, 4.69) is 47.6 Å². The zero-order chi connectivity index (χ0) is 33.0. The van der Waals surface area contributed by atoms with Gasteiger partial charge in [0.1, 0.15) is 6.10 Å². The van der Waals surface area contributed by atoms with Crippen LogP contribution < -0.4 is 10.6 Å². The lowest BCUT2D eigenvalue weighted by atomic mass is 9.77. The third kappa shape index (κ3) is 7.27. The third-order valence-corrected chi connectivity index (χ3v) is 10.6. The van der Waals surface area contributed by atoms with Crippen molar-refractivity contribution in [3.63, 3.8) is 0 Å². The number of nitrogens with zero attached hydrogens (tertiary/aromatic N) is 4. The standard InChI is InChI=1S/C36H50N6O5/c1-26-22-27(2)24-29(23-26)33(46-3)36(11-13-37-14-12-36)41-20-18-39(19-21-41)32(43)25-47-35(45)40-15-9-30(10-16-40)42-17-8-28-6-4-5-7-31(28)38-34(42)44/h4-7,22-24,30,33,37H,8-21,25H2,1-3H3,(H,38,44)/t33-/m1/s1. The summed E-state index contributed by atoms with van der Waals surface area (Å²) in [7, 11) is 1.81. The summed E-state index contributed by atoms with van der Waals surface area (Å²) in [6.45, 7) is 10.1. The van der Waals surface area contributed by atoms with Crippen LogP contribution in [-0.4, -0.2) is 122 Å². The van der Waals surface area contributed by atoms with E-state index < -0.39 is 6.09 Å². The Balaban J connectivity index is 0.982. The number of hydrogen-bond acceptors (Lipinski definition) is 7. The van der Waals surface area contributed by atoms with E-state index in [1.54, 1.807) is 4.90 Å². The van der Waals surface area contributed by atoms with Crippen LogP contribution >= 0.6 is 0 Å². The molecule has 11 heteroatoms. The Morgan fingerprint density at radius 2 is 1.60 bits per heavy atom. The van der Waals surface area contributed by atoms with Gasteiger partial charge < -0.3 is 34.8 Å². The maximum absolute atomic E-state index is 13.2. The van der Waals surface area contributed by atoms with Gasteiger partial charge in [0, 0.05) is 64.7 Å². The van der Waals surface area contributed by atoms with E-state index in [0.29, 0.717) is 45.6 Å². The summed E-state index contributed by atoms with van der Waals surface area (Å²) in [4.78, 5) is 47.0. The lowest BCUT2D eigenvalue weighted by Gasteiger charge is -2.53. The van der Waals surface area contributed by atoms with E-state index in [0.717, 1.165) is 56.7 Å². The minimum atomic E-state index is -0.465. The third-order valence-electron chi connectivity index (χ3n) is 10.6. The smallest absolute Gasteiger partial charge is 0.410 e. The predicted molar refractivity (Wildman–Crippen MR) is 180 cm³/mol. The highest BCUT2D eigenvalue weighted by molar-refractivity contribution is 5.91. The molecule has 2 N–H and O–H groups in total. The molecule has 4 aliphatic rings. The number of aryl methyl sites for hydroxylation is 2. The molecule has 2 aromatic carbocycles. The van der Waals surface area contributed by atoms with E-state index in [1.807, 2.05) is 41.2 Å². The maximum atomic E-state index is 13.2. The molecule has 0 radical (unpaired) electrons. The van der Waals surface area contributed by atoms with E-state index in [4.69, 9.17) is 9.47 Å². The topological polar surface area (TPSA) is 107 Å². The van der Waals surface area contributed by atoms with Crippen molar-refractivity contribution >= 4 is 23.7 Å². The Morgan fingerprint density at radius 1 is 0.915 bits per heavy atom. The van der Waals surface area contributed by atoms with Crippen molar-refractivity contribution in [2.24, 2.45) is 0 Å². The van der Waals surface area contributed by atoms with Gasteiger partial charge in [0.25, 0.3) is 5.91 Å². The largest absolute Gasteiger partial charge is 0.439 e. The van der Waals surface area contributed by atoms with Gasteiger partial charge in [0.2, 0.25) is 0 Å². The highest BCUT2D eigenvalue weighted by atomic mass is 16.6. The molecule has 1 atom stereocenters. The fourth-order valence-corrected chi connectivity index (χ4v) is 8.24. The van der Waals surface area contributed by atoms with Gasteiger partial charge in [-0.15, -0.1) is 0 Å². The van der Waals surface area contributed by atoms with Crippen molar-refractivity contribution in [3.8, 4) is 0 Å². The lowest BCUT2D eigenvalue weighted by molar-refractivity contribution is -0.140. The van der Waals surface area contributed by atoms with Crippen LogP contribution in [0.2, 0.25) is 0 Å². The maximum Gasteiger partial charge on any atom is 0.410 e. The average molecular weight is 647 g/mol. The van der Waals surface area contributed by atoms with Gasteiger partial charge in [-0.05, 0) is 76.2 Å². The number of carbonyl (C=O) groups is 3. The van der Waals surface area contributed by atoms with E-state index in [-0.39, 0.29) is 36.2 Å². The molecule has 4 heterocycles. The molecule has 6 rings (SSSR count). The van der Waals surface area contributed by atoms with Crippen LogP contribution in [0.5, 0.6) is 0 Å². The predicted octanol–water partition coefficient (Wildman–Crippen LogP) is 3.95. The number of hydrogen-bond donors (Lipinski definition) is 2. The first kappa shape index (κ1) is 33.2. The second-order valence-electron chi connectivity index (χ2n) is 13.6. The SMILES string of the molecule is CO[C@H](c1cc(C)cc(C)c1)C1(N2CCN(C(=O)COC(=O)N3CCC(N4CCc5ccccc5NC4=O)CC3)CC2)CCNCC1. The Hall–Kier alpha value is -3.67. The zero-order valence-electron chi connectivity index (χ0n) is 28.1. The van der Waals surface area contributed by atoms with E-state index in [9.17, 15) is 14.4 Å². The van der Waals surface area contributed by atoms with Crippen LogP contribution in [-0.2, 0) is 20.7 Å². The molecule has 3 saturated heterocycles. The van der Waals surface area contributed by atoms with Crippen LogP contribution in [0.25, 0.3) is 0 Å². The number of piperazine rings is 1. The quantitative estimate of drug-likeness (QED) is 0.470. The number of urea groups is 1. The summed E-state index contributed by atoms with van der Waals surface area (Å²) < 4.78 is 11.8. The summed E-state index contributed by atoms with van der Waals surface area (Å²) in [6.07, 6.45) is 3.56. The number of amides is 4. The average Bonchev–Trinajstić information content (AvgIpc) is 3.25. The molecular weight excluding hydrogens is 596 g/mol. The first-order chi connectivity index (χ1) is 22.8. The Bertz CT molecular complexity index is 1410. The number of ether oxygens (including phenoxy) is 2. The second kappa shape index (κ2) is 14.6. The molecule has 254 valence electrons. The van der Waals surface area contributed by atoms with Gasteiger partial charge in [-0.25, -0.2) is 9.59 Å². The van der Waals surface area contributed by atoms with Crippen molar-refractivity contribution in [2.75, 3.05) is 77.9 Å². The summed E-state index contributed by atoms with van der Waals surface area (Å²) >= 11 is 0. The van der Waals surface area contributed by atoms with Gasteiger partial charge in [-0.1, -0.05) is 47.5 Å². The highest BCUT2D eigenvalue weighted by Gasteiger charge is 2.47. The Morgan fingerprint density at radius 3 is 2.28 bits per heavy atom. The molecule has 0 bridgehead atoms. The highest BCUT2D eigenvalue weighted by Crippen LogP contribution is 2.42. The molecule has 0 aromatic heterocycles. The Kier molecular flexibility index (Phi) is 10.3. The van der Waals surface area contributed by atoms with Crippen molar-refractivity contribution in [2.45, 2.75) is 63.6 Å². The molecule has 47 heavy (non-hydrogen) atoms. The normalized spacial score (nSPS) is 21.4. The molecule has 0 spiro atoms. The van der Waals surface area contributed by atoms with E-state index in [1.165, 1.54) is 16.7 Å². The van der Waals surface area contributed by atoms with Crippen molar-refractivity contribution in [1.29, 1.82) is 0 Å². The first-order valence-corrected chi connectivity index (χ1v) is 17.2. The zero-order valence-corrected chi connectivity index (χ0v) is 28.1. The molecule has 0 saturated carbocycles. The van der Waals surface area contributed by atoms with Gasteiger partial charge >= 0.3 is 12.1 Å². The van der Waals surface area contributed by atoms with Crippen molar-refractivity contribution in [3.05, 3.63) is 64.7 Å². The lowest BCUT2D eigenvalue weighted by Crippen LogP contribution is -2.63. The summed E-state index contributed by atoms with van der Waals surface area (Å²) in [5, 5.41) is 6.56. The fraction of sp³-hybridized carbons (Fsp3) is 0.583. The van der Waals surface area contributed by atoms with Crippen LogP contribution in [0.15, 0.2) is 42.5 Å². The van der Waals surface area contributed by atoms with Crippen molar-refractivity contribution < 1.29 is 23.9 Å². The first-order valence-electron chi connectivity index (χ1n) is 17.2.